The largest absolute Gasteiger partial charge is 0.491 e. The van der Waals surface area contributed by atoms with Crippen LogP contribution in [0.4, 0.5) is 5.69 Å². The van der Waals surface area contributed by atoms with Crippen LogP contribution in [0.25, 0.3) is 0 Å². The van der Waals surface area contributed by atoms with Crippen LogP contribution in [0.2, 0.25) is 5.02 Å². The Morgan fingerprint density at radius 3 is 2.63 bits per heavy atom. The summed E-state index contributed by atoms with van der Waals surface area (Å²) in [6.07, 6.45) is 1.35. The molecule has 0 spiro atoms. The number of aryl methyl sites for hydroxylation is 1. The van der Waals surface area contributed by atoms with E-state index in [0.29, 0.717) is 34.4 Å². The molecular weight excluding hydrogens is 370 g/mol. The number of halogens is 1. The Morgan fingerprint density at radius 2 is 1.96 bits per heavy atom. The molecular formula is C19H20ClN3O4. The number of amides is 2. The first-order valence-corrected chi connectivity index (χ1v) is 8.54. The molecule has 0 heterocycles. The number of para-hydroxylation sites is 1. The first-order chi connectivity index (χ1) is 13.0. The molecule has 8 heteroatoms. The minimum atomic E-state index is -0.890. The summed E-state index contributed by atoms with van der Waals surface area (Å²) in [7, 11) is 1.49. The molecule has 2 aromatic carbocycles. The summed E-state index contributed by atoms with van der Waals surface area (Å²) >= 11 is 6.15. The van der Waals surface area contributed by atoms with E-state index in [9.17, 15) is 9.59 Å². The van der Waals surface area contributed by atoms with E-state index in [4.69, 9.17) is 21.1 Å². The van der Waals surface area contributed by atoms with Crippen molar-refractivity contribution in [2.45, 2.75) is 13.8 Å². The number of ether oxygens (including phenoxy) is 2. The van der Waals surface area contributed by atoms with Crippen LogP contribution in [-0.2, 0) is 9.59 Å². The Hall–Kier alpha value is -3.06. The Labute approximate surface area is 162 Å². The van der Waals surface area contributed by atoms with E-state index in [1.54, 1.807) is 24.3 Å². The normalized spacial score (nSPS) is 10.5. The number of nitrogens with one attached hydrogen (secondary N) is 2. The molecule has 0 radical (unpaired) electrons. The Kier molecular flexibility index (Phi) is 7.19. The van der Waals surface area contributed by atoms with Gasteiger partial charge in [0.15, 0.2) is 11.5 Å². The van der Waals surface area contributed by atoms with Gasteiger partial charge in [0.1, 0.15) is 0 Å². The van der Waals surface area contributed by atoms with Crippen molar-refractivity contribution in [1.29, 1.82) is 0 Å². The molecule has 0 saturated heterocycles. The van der Waals surface area contributed by atoms with Crippen LogP contribution in [-0.4, -0.2) is 31.7 Å². The molecule has 7 nitrogen and oxygen atoms in total. The van der Waals surface area contributed by atoms with Gasteiger partial charge in [-0.1, -0.05) is 29.8 Å². The monoisotopic (exact) mass is 389 g/mol. The third-order valence-electron chi connectivity index (χ3n) is 3.52. The molecule has 2 N–H and O–H groups in total. The second-order valence-electron chi connectivity index (χ2n) is 5.44. The maximum atomic E-state index is 11.9. The standard InChI is InChI=1S/C19H20ClN3O4/c1-4-27-16-10-13(9-14(20)17(16)26-3)11-21-23-19(25)18(24)22-15-8-6-5-7-12(15)2/h5-11H,4H2,1-3H3,(H,22,24)(H,23,25)/b21-11-. The number of hydrazone groups is 1. The van der Waals surface area contributed by atoms with Crippen LogP contribution in [0.1, 0.15) is 18.1 Å². The fourth-order valence-corrected chi connectivity index (χ4v) is 2.53. The average molecular weight is 390 g/mol. The van der Waals surface area contributed by atoms with Crippen molar-refractivity contribution in [3.05, 3.63) is 52.5 Å². The minimum absolute atomic E-state index is 0.341. The first-order valence-electron chi connectivity index (χ1n) is 8.16. The van der Waals surface area contributed by atoms with Gasteiger partial charge < -0.3 is 14.8 Å². The van der Waals surface area contributed by atoms with Crippen LogP contribution in [0.5, 0.6) is 11.5 Å². The van der Waals surface area contributed by atoms with Crippen LogP contribution < -0.4 is 20.2 Å². The number of hydrogen-bond acceptors (Lipinski definition) is 5. The Bertz CT molecular complexity index is 868. The highest BCUT2D eigenvalue weighted by molar-refractivity contribution is 6.39. The number of anilines is 1. The zero-order valence-corrected chi connectivity index (χ0v) is 16.0. The third kappa shape index (κ3) is 5.46. The minimum Gasteiger partial charge on any atom is -0.491 e. The molecule has 2 aromatic rings. The van der Waals surface area contributed by atoms with Crippen molar-refractivity contribution < 1.29 is 19.1 Å². The van der Waals surface area contributed by atoms with E-state index in [-0.39, 0.29) is 0 Å². The van der Waals surface area contributed by atoms with Crippen LogP contribution in [0.3, 0.4) is 0 Å². The van der Waals surface area contributed by atoms with Gasteiger partial charge >= 0.3 is 11.8 Å². The van der Waals surface area contributed by atoms with Gasteiger partial charge in [-0.15, -0.1) is 0 Å². The Morgan fingerprint density at radius 1 is 1.22 bits per heavy atom. The van der Waals surface area contributed by atoms with Gasteiger partial charge in [-0.2, -0.15) is 5.10 Å². The van der Waals surface area contributed by atoms with Gasteiger partial charge in [-0.25, -0.2) is 5.43 Å². The van der Waals surface area contributed by atoms with E-state index in [0.717, 1.165) is 5.56 Å². The highest BCUT2D eigenvalue weighted by Gasteiger charge is 2.14. The lowest BCUT2D eigenvalue weighted by molar-refractivity contribution is -0.136. The lowest BCUT2D eigenvalue weighted by Crippen LogP contribution is -2.32. The van der Waals surface area contributed by atoms with Crippen LogP contribution >= 0.6 is 11.6 Å². The number of methoxy groups -OCH3 is 1. The van der Waals surface area contributed by atoms with Gasteiger partial charge in [0.2, 0.25) is 0 Å². The fraction of sp³-hybridized carbons (Fsp3) is 0.211. The number of nitrogens with zero attached hydrogens (tertiary/aromatic N) is 1. The molecule has 0 bridgehead atoms. The second-order valence-corrected chi connectivity index (χ2v) is 5.84. The predicted octanol–water partition coefficient (Wildman–Crippen LogP) is 3.14. The molecule has 0 aliphatic heterocycles. The van der Waals surface area contributed by atoms with Crippen molar-refractivity contribution in [2.24, 2.45) is 5.10 Å². The van der Waals surface area contributed by atoms with E-state index < -0.39 is 11.8 Å². The highest BCUT2D eigenvalue weighted by atomic mass is 35.5. The smallest absolute Gasteiger partial charge is 0.329 e. The maximum Gasteiger partial charge on any atom is 0.329 e. The summed E-state index contributed by atoms with van der Waals surface area (Å²) in [5.41, 5.74) is 4.15. The van der Waals surface area contributed by atoms with E-state index in [1.807, 2.05) is 26.0 Å². The lowest BCUT2D eigenvalue weighted by Gasteiger charge is -2.11. The summed E-state index contributed by atoms with van der Waals surface area (Å²) in [4.78, 5) is 23.8. The van der Waals surface area contributed by atoms with Gasteiger partial charge in [0.05, 0.1) is 25.0 Å². The zero-order valence-electron chi connectivity index (χ0n) is 15.2. The molecule has 0 atom stereocenters. The quantitative estimate of drug-likeness (QED) is 0.451. The molecule has 0 aliphatic rings. The predicted molar refractivity (Wildman–Crippen MR) is 105 cm³/mol. The summed E-state index contributed by atoms with van der Waals surface area (Å²) < 4.78 is 10.7. The van der Waals surface area contributed by atoms with Crippen molar-refractivity contribution in [2.75, 3.05) is 19.0 Å². The summed E-state index contributed by atoms with van der Waals surface area (Å²) in [6, 6.07) is 10.4. The molecule has 142 valence electrons. The molecule has 0 unspecified atom stereocenters. The van der Waals surface area contributed by atoms with Gasteiger partial charge in [0, 0.05) is 5.69 Å². The van der Waals surface area contributed by atoms with E-state index in [1.165, 1.54) is 13.3 Å². The number of carbonyl (C=O) groups is 2. The molecule has 2 amide bonds. The lowest BCUT2D eigenvalue weighted by atomic mass is 10.2. The number of rotatable bonds is 6. The summed E-state index contributed by atoms with van der Waals surface area (Å²) in [5.74, 6) is -0.835. The topological polar surface area (TPSA) is 89.0 Å². The third-order valence-corrected chi connectivity index (χ3v) is 3.80. The fourth-order valence-electron chi connectivity index (χ4n) is 2.23. The first kappa shape index (κ1) is 20.3. The maximum absolute atomic E-state index is 11.9. The van der Waals surface area contributed by atoms with Crippen molar-refractivity contribution in [3.63, 3.8) is 0 Å². The molecule has 27 heavy (non-hydrogen) atoms. The summed E-state index contributed by atoms with van der Waals surface area (Å²) in [6.45, 7) is 4.10. The number of carbonyl (C=O) groups excluding carboxylic acids is 2. The van der Waals surface area contributed by atoms with E-state index in [2.05, 4.69) is 15.8 Å². The average Bonchev–Trinajstić information content (AvgIpc) is 2.63. The zero-order chi connectivity index (χ0) is 19.8. The SMILES string of the molecule is CCOc1cc(/C=N\NC(=O)C(=O)Nc2ccccc2C)cc(Cl)c1OC. The Balaban J connectivity index is 2.03. The molecule has 2 rings (SSSR count). The van der Waals surface area contributed by atoms with Gasteiger partial charge in [0.25, 0.3) is 0 Å². The van der Waals surface area contributed by atoms with Crippen molar-refractivity contribution >= 4 is 35.3 Å². The molecule has 0 aliphatic carbocycles. The van der Waals surface area contributed by atoms with Crippen molar-refractivity contribution in [3.8, 4) is 11.5 Å². The van der Waals surface area contributed by atoms with Crippen molar-refractivity contribution in [1.82, 2.24) is 5.43 Å². The molecule has 0 saturated carbocycles. The second kappa shape index (κ2) is 9.59. The number of hydrogen-bond donors (Lipinski definition) is 2. The molecule has 0 fully saturated rings. The van der Waals surface area contributed by atoms with Gasteiger partial charge in [-0.05, 0) is 43.2 Å². The van der Waals surface area contributed by atoms with E-state index >= 15 is 0 Å². The summed E-state index contributed by atoms with van der Waals surface area (Å²) in [5, 5.41) is 6.65. The highest BCUT2D eigenvalue weighted by Crippen LogP contribution is 2.35. The van der Waals surface area contributed by atoms with Crippen LogP contribution in [0, 0.1) is 6.92 Å². The molecule has 0 aromatic heterocycles. The van der Waals surface area contributed by atoms with Crippen LogP contribution in [0.15, 0.2) is 41.5 Å². The van der Waals surface area contributed by atoms with Gasteiger partial charge in [-0.3, -0.25) is 9.59 Å². The number of benzene rings is 2.